The SMILES string of the molecule is CCOC(=O)C(CC)NC(C)(C)CCO. The monoisotopic (exact) mass is 217 g/mol. The van der Waals surface area contributed by atoms with E-state index >= 15 is 0 Å². The molecule has 0 spiro atoms. The molecule has 90 valence electrons. The van der Waals surface area contributed by atoms with Gasteiger partial charge < -0.3 is 9.84 Å². The average molecular weight is 217 g/mol. The highest BCUT2D eigenvalue weighted by atomic mass is 16.5. The lowest BCUT2D eigenvalue weighted by Gasteiger charge is -2.29. The molecule has 1 atom stereocenters. The van der Waals surface area contributed by atoms with Crippen molar-refractivity contribution in [2.24, 2.45) is 0 Å². The average Bonchev–Trinajstić information content (AvgIpc) is 2.14. The molecule has 0 aliphatic rings. The van der Waals surface area contributed by atoms with Gasteiger partial charge in [-0.05, 0) is 33.6 Å². The maximum atomic E-state index is 11.5. The van der Waals surface area contributed by atoms with Crippen LogP contribution in [0.15, 0.2) is 0 Å². The first-order valence-electron chi connectivity index (χ1n) is 5.52. The number of nitrogens with one attached hydrogen (secondary N) is 1. The van der Waals surface area contributed by atoms with E-state index in [1.165, 1.54) is 0 Å². The third-order valence-corrected chi connectivity index (χ3v) is 2.28. The van der Waals surface area contributed by atoms with Crippen molar-refractivity contribution in [1.29, 1.82) is 0 Å². The molecule has 4 nitrogen and oxygen atoms in total. The highest BCUT2D eigenvalue weighted by Crippen LogP contribution is 2.10. The number of aliphatic hydroxyl groups excluding tert-OH is 1. The van der Waals surface area contributed by atoms with Crippen molar-refractivity contribution in [2.45, 2.75) is 52.1 Å². The normalized spacial score (nSPS) is 13.7. The van der Waals surface area contributed by atoms with E-state index in [2.05, 4.69) is 5.32 Å². The summed E-state index contributed by atoms with van der Waals surface area (Å²) in [6, 6.07) is -0.286. The first-order valence-corrected chi connectivity index (χ1v) is 5.52. The lowest BCUT2D eigenvalue weighted by molar-refractivity contribution is -0.146. The van der Waals surface area contributed by atoms with E-state index in [1.807, 2.05) is 20.8 Å². The molecule has 0 rings (SSSR count). The third kappa shape index (κ3) is 5.74. The van der Waals surface area contributed by atoms with E-state index in [9.17, 15) is 4.79 Å². The molecular weight excluding hydrogens is 194 g/mol. The molecule has 0 aliphatic carbocycles. The van der Waals surface area contributed by atoms with Crippen LogP contribution in [0.1, 0.15) is 40.5 Å². The Bertz CT molecular complexity index is 192. The standard InChI is InChI=1S/C11H23NO3/c1-5-9(10(14)15-6-2)12-11(3,4)7-8-13/h9,12-13H,5-8H2,1-4H3. The number of hydrogen-bond acceptors (Lipinski definition) is 4. The van der Waals surface area contributed by atoms with Crippen LogP contribution in [0.25, 0.3) is 0 Å². The maximum absolute atomic E-state index is 11.5. The molecule has 0 aromatic heterocycles. The Morgan fingerprint density at radius 1 is 1.47 bits per heavy atom. The van der Waals surface area contributed by atoms with Gasteiger partial charge >= 0.3 is 5.97 Å². The quantitative estimate of drug-likeness (QED) is 0.626. The molecular formula is C11H23NO3. The molecule has 15 heavy (non-hydrogen) atoms. The number of ether oxygens (including phenoxy) is 1. The van der Waals surface area contributed by atoms with Gasteiger partial charge in [-0.25, -0.2) is 0 Å². The topological polar surface area (TPSA) is 58.6 Å². The van der Waals surface area contributed by atoms with Crippen LogP contribution in [-0.4, -0.2) is 35.9 Å². The minimum absolute atomic E-state index is 0.110. The van der Waals surface area contributed by atoms with Crippen LogP contribution in [0.2, 0.25) is 0 Å². The molecule has 0 fully saturated rings. The van der Waals surface area contributed by atoms with Gasteiger partial charge in [0.1, 0.15) is 6.04 Å². The number of esters is 1. The van der Waals surface area contributed by atoms with Crippen LogP contribution in [-0.2, 0) is 9.53 Å². The highest BCUT2D eigenvalue weighted by molar-refractivity contribution is 5.75. The number of aliphatic hydroxyl groups is 1. The van der Waals surface area contributed by atoms with Crippen LogP contribution < -0.4 is 5.32 Å². The van der Waals surface area contributed by atoms with E-state index in [4.69, 9.17) is 9.84 Å². The van der Waals surface area contributed by atoms with Gasteiger partial charge in [0.25, 0.3) is 0 Å². The molecule has 0 saturated heterocycles. The molecule has 0 radical (unpaired) electrons. The minimum Gasteiger partial charge on any atom is -0.465 e. The zero-order valence-corrected chi connectivity index (χ0v) is 10.2. The summed E-state index contributed by atoms with van der Waals surface area (Å²) in [4.78, 5) is 11.5. The second-order valence-electron chi connectivity index (χ2n) is 4.21. The highest BCUT2D eigenvalue weighted by Gasteiger charge is 2.25. The molecule has 0 amide bonds. The van der Waals surface area contributed by atoms with Crippen molar-refractivity contribution in [3.05, 3.63) is 0 Å². The first-order chi connectivity index (χ1) is 6.96. The number of carbonyl (C=O) groups excluding carboxylic acids is 1. The zero-order chi connectivity index (χ0) is 11.9. The maximum Gasteiger partial charge on any atom is 0.323 e. The number of hydrogen-bond donors (Lipinski definition) is 2. The first kappa shape index (κ1) is 14.4. The fourth-order valence-corrected chi connectivity index (χ4v) is 1.39. The summed E-state index contributed by atoms with van der Waals surface area (Å²) in [6.07, 6.45) is 1.30. The Morgan fingerprint density at radius 3 is 2.47 bits per heavy atom. The minimum atomic E-state index is -0.286. The van der Waals surface area contributed by atoms with Crippen LogP contribution in [0.3, 0.4) is 0 Å². The smallest absolute Gasteiger partial charge is 0.323 e. The van der Waals surface area contributed by atoms with Gasteiger partial charge in [-0.3, -0.25) is 10.1 Å². The number of rotatable bonds is 7. The van der Waals surface area contributed by atoms with E-state index in [1.54, 1.807) is 6.92 Å². The van der Waals surface area contributed by atoms with Crippen LogP contribution in [0.5, 0.6) is 0 Å². The van der Waals surface area contributed by atoms with Gasteiger partial charge in [0.05, 0.1) is 6.61 Å². The van der Waals surface area contributed by atoms with Gasteiger partial charge in [0.2, 0.25) is 0 Å². The second kappa shape index (κ2) is 6.80. The van der Waals surface area contributed by atoms with Crippen LogP contribution in [0, 0.1) is 0 Å². The van der Waals surface area contributed by atoms with E-state index in [0.717, 1.165) is 0 Å². The predicted molar refractivity (Wildman–Crippen MR) is 59.6 cm³/mol. The van der Waals surface area contributed by atoms with Crippen molar-refractivity contribution in [1.82, 2.24) is 5.32 Å². The van der Waals surface area contributed by atoms with E-state index in [0.29, 0.717) is 19.4 Å². The molecule has 0 bridgehead atoms. The van der Waals surface area contributed by atoms with E-state index < -0.39 is 0 Å². The summed E-state index contributed by atoms with van der Waals surface area (Å²) in [7, 11) is 0. The Balaban J connectivity index is 4.25. The molecule has 2 N–H and O–H groups in total. The Labute approximate surface area is 92.0 Å². The van der Waals surface area contributed by atoms with Gasteiger partial charge in [-0.15, -0.1) is 0 Å². The fraction of sp³-hybridized carbons (Fsp3) is 0.909. The summed E-state index contributed by atoms with van der Waals surface area (Å²) < 4.78 is 4.95. The lowest BCUT2D eigenvalue weighted by Crippen LogP contribution is -2.50. The second-order valence-corrected chi connectivity index (χ2v) is 4.21. The van der Waals surface area contributed by atoms with Crippen LogP contribution >= 0.6 is 0 Å². The van der Waals surface area contributed by atoms with Crippen LogP contribution in [0.4, 0.5) is 0 Å². The number of carbonyl (C=O) groups is 1. The molecule has 0 heterocycles. The van der Waals surface area contributed by atoms with Gasteiger partial charge in [-0.2, -0.15) is 0 Å². The van der Waals surface area contributed by atoms with Crippen molar-refractivity contribution in [2.75, 3.05) is 13.2 Å². The Kier molecular flexibility index (Phi) is 6.52. The zero-order valence-electron chi connectivity index (χ0n) is 10.2. The molecule has 0 aromatic rings. The molecule has 1 unspecified atom stereocenters. The van der Waals surface area contributed by atoms with E-state index in [-0.39, 0.29) is 24.2 Å². The summed E-state index contributed by atoms with van der Waals surface area (Å²) in [5.74, 6) is -0.217. The molecule has 0 aliphatic heterocycles. The van der Waals surface area contributed by atoms with Gasteiger partial charge in [0.15, 0.2) is 0 Å². The van der Waals surface area contributed by atoms with Crippen molar-refractivity contribution >= 4 is 5.97 Å². The van der Waals surface area contributed by atoms with Crippen molar-refractivity contribution < 1.29 is 14.6 Å². The fourth-order valence-electron chi connectivity index (χ4n) is 1.39. The summed E-state index contributed by atoms with van der Waals surface area (Å²) in [5, 5.41) is 12.1. The predicted octanol–water partition coefficient (Wildman–Crippen LogP) is 1.08. The van der Waals surface area contributed by atoms with Crippen molar-refractivity contribution in [3.8, 4) is 0 Å². The van der Waals surface area contributed by atoms with Crippen molar-refractivity contribution in [3.63, 3.8) is 0 Å². The summed E-state index contributed by atoms with van der Waals surface area (Å²) in [6.45, 7) is 8.17. The molecule has 0 saturated carbocycles. The molecule has 4 heteroatoms. The lowest BCUT2D eigenvalue weighted by atomic mass is 9.99. The Morgan fingerprint density at radius 2 is 2.07 bits per heavy atom. The Hall–Kier alpha value is -0.610. The summed E-state index contributed by atoms with van der Waals surface area (Å²) >= 11 is 0. The molecule has 0 aromatic carbocycles. The summed E-state index contributed by atoms with van der Waals surface area (Å²) in [5.41, 5.74) is -0.248. The van der Waals surface area contributed by atoms with Gasteiger partial charge in [0, 0.05) is 12.1 Å². The third-order valence-electron chi connectivity index (χ3n) is 2.28. The van der Waals surface area contributed by atoms with Gasteiger partial charge in [-0.1, -0.05) is 6.92 Å². The largest absolute Gasteiger partial charge is 0.465 e.